The van der Waals surface area contributed by atoms with E-state index in [-0.39, 0.29) is 6.54 Å². The SMILES string of the molecule is Cc1cccc(-n2c(C)cc(C(=O)NCC(C)(O)C(=O)O)c2C)c1. The number of aryl methyl sites for hydroxylation is 2. The van der Waals surface area contributed by atoms with Gasteiger partial charge in [-0.3, -0.25) is 4.79 Å². The maximum atomic E-state index is 12.4. The summed E-state index contributed by atoms with van der Waals surface area (Å²) >= 11 is 0. The molecule has 6 heteroatoms. The van der Waals surface area contributed by atoms with Gasteiger partial charge in [-0.1, -0.05) is 12.1 Å². The Kier molecular flexibility index (Phi) is 4.80. The zero-order valence-corrected chi connectivity index (χ0v) is 14.3. The average Bonchev–Trinajstić information content (AvgIpc) is 2.79. The molecular formula is C18H22N2O4. The lowest BCUT2D eigenvalue weighted by atomic mass is 10.1. The van der Waals surface area contributed by atoms with Gasteiger partial charge in [0.05, 0.1) is 12.1 Å². The number of hydrogen-bond acceptors (Lipinski definition) is 3. The number of aliphatic carboxylic acids is 1. The van der Waals surface area contributed by atoms with Crippen LogP contribution in [-0.4, -0.2) is 38.8 Å². The lowest BCUT2D eigenvalue weighted by Gasteiger charge is -2.18. The van der Waals surface area contributed by atoms with Crippen LogP contribution in [0.15, 0.2) is 30.3 Å². The number of carboxylic acids is 1. The number of carbonyl (C=O) groups excluding carboxylic acids is 1. The number of aromatic nitrogens is 1. The van der Waals surface area contributed by atoms with Crippen LogP contribution in [0.1, 0.15) is 34.2 Å². The van der Waals surface area contributed by atoms with Crippen molar-refractivity contribution in [2.75, 3.05) is 6.54 Å². The predicted octanol–water partition coefficient (Wildman–Crippen LogP) is 1.97. The highest BCUT2D eigenvalue weighted by molar-refractivity contribution is 5.96. The highest BCUT2D eigenvalue weighted by Crippen LogP contribution is 2.21. The minimum atomic E-state index is -2.00. The summed E-state index contributed by atoms with van der Waals surface area (Å²) in [5.41, 5.74) is 2.18. The molecule has 6 nitrogen and oxygen atoms in total. The van der Waals surface area contributed by atoms with Crippen LogP contribution in [0.25, 0.3) is 5.69 Å². The number of nitrogens with one attached hydrogen (secondary N) is 1. The summed E-state index contributed by atoms with van der Waals surface area (Å²) in [6.07, 6.45) is 0. The maximum absolute atomic E-state index is 12.4. The van der Waals surface area contributed by atoms with Crippen LogP contribution in [0, 0.1) is 20.8 Å². The van der Waals surface area contributed by atoms with E-state index < -0.39 is 17.5 Å². The molecule has 24 heavy (non-hydrogen) atoms. The molecule has 1 aromatic carbocycles. The Morgan fingerprint density at radius 3 is 2.46 bits per heavy atom. The molecular weight excluding hydrogens is 308 g/mol. The number of rotatable bonds is 5. The normalized spacial score (nSPS) is 13.4. The van der Waals surface area contributed by atoms with E-state index in [0.29, 0.717) is 5.56 Å². The summed E-state index contributed by atoms with van der Waals surface area (Å²) in [6, 6.07) is 9.69. The molecule has 1 atom stereocenters. The highest BCUT2D eigenvalue weighted by atomic mass is 16.4. The van der Waals surface area contributed by atoms with E-state index in [2.05, 4.69) is 5.32 Å². The first-order valence-corrected chi connectivity index (χ1v) is 7.63. The van der Waals surface area contributed by atoms with Crippen molar-refractivity contribution in [1.82, 2.24) is 9.88 Å². The summed E-state index contributed by atoms with van der Waals surface area (Å²) in [6.45, 7) is 6.51. The molecule has 2 rings (SSSR count). The molecule has 0 aliphatic heterocycles. The monoisotopic (exact) mass is 330 g/mol. The highest BCUT2D eigenvalue weighted by Gasteiger charge is 2.30. The molecule has 2 aromatic rings. The van der Waals surface area contributed by atoms with Crippen LogP contribution in [-0.2, 0) is 4.79 Å². The van der Waals surface area contributed by atoms with E-state index in [1.54, 1.807) is 6.07 Å². The molecule has 0 radical (unpaired) electrons. The molecule has 1 heterocycles. The van der Waals surface area contributed by atoms with Crippen LogP contribution < -0.4 is 5.32 Å². The second-order valence-corrected chi connectivity index (χ2v) is 6.22. The molecule has 3 N–H and O–H groups in total. The third-order valence-electron chi connectivity index (χ3n) is 3.99. The summed E-state index contributed by atoms with van der Waals surface area (Å²) in [7, 11) is 0. The van der Waals surface area contributed by atoms with Crippen LogP contribution in [0.2, 0.25) is 0 Å². The molecule has 0 saturated heterocycles. The van der Waals surface area contributed by atoms with Crippen LogP contribution in [0.4, 0.5) is 0 Å². The van der Waals surface area contributed by atoms with E-state index >= 15 is 0 Å². The van der Waals surface area contributed by atoms with Crippen molar-refractivity contribution < 1.29 is 19.8 Å². The Morgan fingerprint density at radius 1 is 1.21 bits per heavy atom. The standard InChI is InChI=1S/C18H22N2O4/c1-11-6-5-7-14(8-11)20-12(2)9-15(13(20)3)16(21)19-10-18(4,24)17(22)23/h5-9,24H,10H2,1-4H3,(H,19,21)(H,22,23). The van der Waals surface area contributed by atoms with Crippen molar-refractivity contribution in [1.29, 1.82) is 0 Å². The molecule has 0 fully saturated rings. The first-order valence-electron chi connectivity index (χ1n) is 7.63. The van der Waals surface area contributed by atoms with Crippen molar-refractivity contribution in [2.45, 2.75) is 33.3 Å². The molecule has 0 spiro atoms. The predicted molar refractivity (Wildman–Crippen MR) is 90.6 cm³/mol. The number of carbonyl (C=O) groups is 2. The molecule has 1 amide bonds. The van der Waals surface area contributed by atoms with Gasteiger partial charge in [0.2, 0.25) is 0 Å². The number of benzene rings is 1. The second-order valence-electron chi connectivity index (χ2n) is 6.22. The summed E-state index contributed by atoms with van der Waals surface area (Å²) in [4.78, 5) is 23.3. The second kappa shape index (κ2) is 6.49. The number of amides is 1. The number of carboxylic acid groups (broad SMARTS) is 1. The molecule has 1 aromatic heterocycles. The summed E-state index contributed by atoms with van der Waals surface area (Å²) < 4.78 is 1.97. The summed E-state index contributed by atoms with van der Waals surface area (Å²) in [5, 5.41) is 21.1. The van der Waals surface area contributed by atoms with E-state index in [4.69, 9.17) is 5.11 Å². The Balaban J connectivity index is 2.28. The van der Waals surface area contributed by atoms with Gasteiger partial charge in [0.25, 0.3) is 5.91 Å². The van der Waals surface area contributed by atoms with E-state index in [0.717, 1.165) is 29.6 Å². The number of aliphatic hydroxyl groups is 1. The van der Waals surface area contributed by atoms with Crippen molar-refractivity contribution in [3.63, 3.8) is 0 Å². The minimum Gasteiger partial charge on any atom is -0.479 e. The third-order valence-corrected chi connectivity index (χ3v) is 3.99. The lowest BCUT2D eigenvalue weighted by molar-refractivity contribution is -0.155. The van der Waals surface area contributed by atoms with Crippen LogP contribution >= 0.6 is 0 Å². The Bertz CT molecular complexity index is 790. The van der Waals surface area contributed by atoms with E-state index in [1.165, 1.54) is 0 Å². The van der Waals surface area contributed by atoms with Gasteiger partial charge in [-0.2, -0.15) is 0 Å². The fraction of sp³-hybridized carbons (Fsp3) is 0.333. The van der Waals surface area contributed by atoms with Gasteiger partial charge in [-0.15, -0.1) is 0 Å². The zero-order valence-electron chi connectivity index (χ0n) is 14.3. The molecule has 1 unspecified atom stereocenters. The molecule has 128 valence electrons. The van der Waals surface area contributed by atoms with Gasteiger partial charge in [0.15, 0.2) is 5.60 Å². The van der Waals surface area contributed by atoms with Gasteiger partial charge in [0, 0.05) is 17.1 Å². The van der Waals surface area contributed by atoms with Gasteiger partial charge < -0.3 is 20.1 Å². The molecule has 0 bridgehead atoms. The first-order chi connectivity index (χ1) is 11.1. The number of hydrogen-bond donors (Lipinski definition) is 3. The van der Waals surface area contributed by atoms with E-state index in [1.807, 2.05) is 49.6 Å². The quantitative estimate of drug-likeness (QED) is 0.781. The van der Waals surface area contributed by atoms with Crippen molar-refractivity contribution in [3.8, 4) is 5.69 Å². The van der Waals surface area contributed by atoms with Gasteiger partial charge in [-0.25, -0.2) is 4.79 Å². The maximum Gasteiger partial charge on any atom is 0.337 e. The van der Waals surface area contributed by atoms with Gasteiger partial charge in [-0.05, 0) is 51.5 Å². The fourth-order valence-electron chi connectivity index (χ4n) is 2.58. The molecule has 0 aliphatic carbocycles. The first kappa shape index (κ1) is 17.7. The van der Waals surface area contributed by atoms with Gasteiger partial charge in [0.1, 0.15) is 0 Å². The van der Waals surface area contributed by atoms with Crippen molar-refractivity contribution >= 4 is 11.9 Å². The smallest absolute Gasteiger partial charge is 0.337 e. The Hall–Kier alpha value is -2.60. The van der Waals surface area contributed by atoms with E-state index in [9.17, 15) is 14.7 Å². The average molecular weight is 330 g/mol. The fourth-order valence-corrected chi connectivity index (χ4v) is 2.58. The number of nitrogens with zero attached hydrogens (tertiary/aromatic N) is 1. The summed E-state index contributed by atoms with van der Waals surface area (Å²) in [5.74, 6) is -1.79. The Morgan fingerprint density at radius 2 is 1.88 bits per heavy atom. The lowest BCUT2D eigenvalue weighted by Crippen LogP contribution is -2.46. The topological polar surface area (TPSA) is 91.6 Å². The third kappa shape index (κ3) is 3.49. The largest absolute Gasteiger partial charge is 0.479 e. The molecule has 0 saturated carbocycles. The molecule has 0 aliphatic rings. The van der Waals surface area contributed by atoms with Crippen molar-refractivity contribution in [3.05, 3.63) is 52.8 Å². The zero-order chi connectivity index (χ0) is 18.1. The minimum absolute atomic E-state index is 0.366. The van der Waals surface area contributed by atoms with Crippen LogP contribution in [0.5, 0.6) is 0 Å². The van der Waals surface area contributed by atoms with Crippen LogP contribution in [0.3, 0.4) is 0 Å². The van der Waals surface area contributed by atoms with Crippen molar-refractivity contribution in [2.24, 2.45) is 0 Å². The Labute approximate surface area is 140 Å². The van der Waals surface area contributed by atoms with Gasteiger partial charge >= 0.3 is 5.97 Å².